The summed E-state index contributed by atoms with van der Waals surface area (Å²) >= 11 is 0. The number of fused-ring (bicyclic) bond motifs is 6. The van der Waals surface area contributed by atoms with E-state index in [1.54, 1.807) is 0 Å². The summed E-state index contributed by atoms with van der Waals surface area (Å²) in [5, 5.41) is 4.60. The Bertz CT molecular complexity index is 3150. The van der Waals surface area contributed by atoms with Crippen LogP contribution >= 0.6 is 0 Å². The largest absolute Gasteiger partial charge is 0.456 e. The molecule has 0 unspecified atom stereocenters. The Morgan fingerprint density at radius 2 is 1.14 bits per heavy atom. The SMILES string of the molecule is C/C=C\C(=C/C)c1nc(-c2ccccc2)nc(-c2cccc(-c3cccc4oc5ccc(-c6ccc7c(c6)c6ccccc6n7-c6ccccc6)cc5c34)c2)n1.CC. The maximum atomic E-state index is 6.49. The molecule has 3 heterocycles. The summed E-state index contributed by atoms with van der Waals surface area (Å²) in [6.07, 6.45) is 6.07. The fourth-order valence-electron chi connectivity index (χ4n) is 7.91. The molecule has 0 bridgehead atoms. The minimum Gasteiger partial charge on any atom is -0.456 e. The van der Waals surface area contributed by atoms with E-state index in [-0.39, 0.29) is 0 Å². The maximum Gasteiger partial charge on any atom is 0.164 e. The highest BCUT2D eigenvalue weighted by Gasteiger charge is 2.18. The minimum atomic E-state index is 0.620. The van der Waals surface area contributed by atoms with E-state index in [4.69, 9.17) is 19.4 Å². The predicted octanol–water partition coefficient (Wildman–Crippen LogP) is 14.5. The average Bonchev–Trinajstić information content (AvgIpc) is 3.84. The second-order valence-corrected chi connectivity index (χ2v) is 13.9. The van der Waals surface area contributed by atoms with Crippen LogP contribution in [0.3, 0.4) is 0 Å². The van der Waals surface area contributed by atoms with E-state index >= 15 is 0 Å². The lowest BCUT2D eigenvalue weighted by molar-refractivity contribution is 0.669. The summed E-state index contributed by atoms with van der Waals surface area (Å²) in [6, 6.07) is 57.4. The van der Waals surface area contributed by atoms with Gasteiger partial charge in [-0.3, -0.25) is 0 Å². The van der Waals surface area contributed by atoms with E-state index in [0.717, 1.165) is 66.6 Å². The molecule has 5 heteroatoms. The van der Waals surface area contributed by atoms with Gasteiger partial charge in [-0.15, -0.1) is 0 Å². The molecule has 0 atom stereocenters. The lowest BCUT2D eigenvalue weighted by Crippen LogP contribution is -2.02. The van der Waals surface area contributed by atoms with Crippen LogP contribution < -0.4 is 0 Å². The third-order valence-corrected chi connectivity index (χ3v) is 10.5. The molecule has 0 spiro atoms. The highest BCUT2D eigenvalue weighted by molar-refractivity contribution is 6.14. The zero-order chi connectivity index (χ0) is 39.6. The van der Waals surface area contributed by atoms with Gasteiger partial charge in [0.2, 0.25) is 0 Å². The van der Waals surface area contributed by atoms with Crippen LogP contribution in [0.2, 0.25) is 0 Å². The van der Waals surface area contributed by atoms with E-state index in [9.17, 15) is 0 Å². The van der Waals surface area contributed by atoms with Crippen LogP contribution in [0.25, 0.3) is 100 Å². The van der Waals surface area contributed by atoms with E-state index < -0.39 is 0 Å². The average molecular weight is 751 g/mol. The maximum absolute atomic E-state index is 6.49. The van der Waals surface area contributed by atoms with Gasteiger partial charge >= 0.3 is 0 Å². The number of furan rings is 1. The Balaban J connectivity index is 0.00000215. The molecule has 280 valence electrons. The van der Waals surface area contributed by atoms with Crippen molar-refractivity contribution in [3.63, 3.8) is 0 Å². The number of para-hydroxylation sites is 2. The molecular weight excluding hydrogens is 709 g/mol. The standard InChI is InChI=1S/C51H36N4O.C2H6/c1-3-15-33(4-2)49-52-50(34-16-7-5-8-17-34)54-51(53-49)38-19-13-18-37(30-38)40-23-14-25-47-48(40)43-32-36(27-29-46(43)56-47)35-26-28-45-42(31-35)41-22-11-12-24-44(41)55(45)39-20-9-6-10-21-39;1-2/h3-32H,1-2H3;1-2H3/b15-3-,33-4+;. The number of aromatic nitrogens is 4. The Morgan fingerprint density at radius 3 is 1.91 bits per heavy atom. The first-order valence-corrected chi connectivity index (χ1v) is 19.9. The first-order valence-electron chi connectivity index (χ1n) is 19.9. The quantitative estimate of drug-likeness (QED) is 0.152. The van der Waals surface area contributed by atoms with Crippen molar-refractivity contribution in [1.82, 2.24) is 19.5 Å². The van der Waals surface area contributed by atoms with Crippen molar-refractivity contribution >= 4 is 49.3 Å². The van der Waals surface area contributed by atoms with Gasteiger partial charge in [-0.1, -0.05) is 141 Å². The summed E-state index contributed by atoms with van der Waals surface area (Å²) in [4.78, 5) is 14.9. The van der Waals surface area contributed by atoms with E-state index in [2.05, 4.69) is 138 Å². The van der Waals surface area contributed by atoms with Crippen molar-refractivity contribution < 1.29 is 4.42 Å². The zero-order valence-electron chi connectivity index (χ0n) is 33.0. The van der Waals surface area contributed by atoms with Crippen molar-refractivity contribution in [3.05, 3.63) is 188 Å². The molecule has 10 aromatic rings. The Morgan fingerprint density at radius 1 is 0.500 bits per heavy atom. The summed E-state index contributed by atoms with van der Waals surface area (Å²) < 4.78 is 8.84. The summed E-state index contributed by atoms with van der Waals surface area (Å²) in [5.41, 5.74) is 12.4. The van der Waals surface area contributed by atoms with Crippen LogP contribution in [0.4, 0.5) is 0 Å². The number of benzene rings is 7. The number of hydrogen-bond donors (Lipinski definition) is 0. The second-order valence-electron chi connectivity index (χ2n) is 13.9. The van der Waals surface area contributed by atoms with Crippen LogP contribution in [0.1, 0.15) is 33.5 Å². The van der Waals surface area contributed by atoms with Crippen molar-refractivity contribution in [1.29, 1.82) is 0 Å². The first-order chi connectivity index (χ1) is 28.7. The third-order valence-electron chi connectivity index (χ3n) is 10.5. The molecule has 7 aromatic carbocycles. The molecule has 0 aliphatic rings. The molecule has 0 radical (unpaired) electrons. The van der Waals surface area contributed by atoms with E-state index in [0.29, 0.717) is 17.5 Å². The Kier molecular flexibility index (Phi) is 9.78. The van der Waals surface area contributed by atoms with Gasteiger partial charge in [0.05, 0.1) is 11.0 Å². The van der Waals surface area contributed by atoms with Gasteiger partial charge in [0.25, 0.3) is 0 Å². The van der Waals surface area contributed by atoms with Gasteiger partial charge in [0.1, 0.15) is 11.2 Å². The Hall–Kier alpha value is -7.37. The van der Waals surface area contributed by atoms with Gasteiger partial charge in [0, 0.05) is 43.9 Å². The third kappa shape index (κ3) is 6.47. The highest BCUT2D eigenvalue weighted by Crippen LogP contribution is 2.41. The molecular formula is C53H42N4O. The van der Waals surface area contributed by atoms with Crippen LogP contribution in [-0.2, 0) is 0 Å². The Labute approximate surface area is 338 Å². The van der Waals surface area contributed by atoms with E-state index in [1.165, 1.54) is 21.8 Å². The number of rotatable bonds is 7. The van der Waals surface area contributed by atoms with E-state index in [1.807, 2.05) is 76.3 Å². The fraction of sp³-hybridized carbons (Fsp3) is 0.0755. The predicted molar refractivity (Wildman–Crippen MR) is 243 cm³/mol. The van der Waals surface area contributed by atoms with Gasteiger partial charge in [-0.05, 0) is 90.7 Å². The monoisotopic (exact) mass is 750 g/mol. The zero-order valence-corrected chi connectivity index (χ0v) is 33.0. The molecule has 0 fully saturated rings. The van der Waals surface area contributed by atoms with Gasteiger partial charge in [-0.25, -0.2) is 15.0 Å². The van der Waals surface area contributed by atoms with Gasteiger partial charge in [-0.2, -0.15) is 0 Å². The topological polar surface area (TPSA) is 56.7 Å². The smallest absolute Gasteiger partial charge is 0.164 e. The highest BCUT2D eigenvalue weighted by atomic mass is 16.3. The minimum absolute atomic E-state index is 0.620. The molecule has 10 rings (SSSR count). The molecule has 0 saturated carbocycles. The summed E-state index contributed by atoms with van der Waals surface area (Å²) in [5.74, 6) is 1.89. The molecule has 0 aliphatic heterocycles. The molecule has 58 heavy (non-hydrogen) atoms. The molecule has 0 saturated heterocycles. The number of hydrogen-bond acceptors (Lipinski definition) is 4. The van der Waals surface area contributed by atoms with Crippen molar-refractivity contribution in [3.8, 4) is 50.7 Å². The number of allylic oxidation sites excluding steroid dienone is 4. The lowest BCUT2D eigenvalue weighted by atomic mass is 9.96. The van der Waals surface area contributed by atoms with Gasteiger partial charge in [0.15, 0.2) is 17.5 Å². The molecule has 3 aromatic heterocycles. The molecule has 0 N–H and O–H groups in total. The van der Waals surface area contributed by atoms with Crippen molar-refractivity contribution in [2.24, 2.45) is 0 Å². The van der Waals surface area contributed by atoms with Crippen LogP contribution in [0, 0.1) is 0 Å². The second kappa shape index (κ2) is 15.6. The lowest BCUT2D eigenvalue weighted by Gasteiger charge is -2.10. The molecule has 0 amide bonds. The number of nitrogens with zero attached hydrogens (tertiary/aromatic N) is 4. The molecule has 0 aliphatic carbocycles. The fourth-order valence-corrected chi connectivity index (χ4v) is 7.91. The van der Waals surface area contributed by atoms with Crippen molar-refractivity contribution in [2.45, 2.75) is 27.7 Å². The van der Waals surface area contributed by atoms with Crippen molar-refractivity contribution in [2.75, 3.05) is 0 Å². The summed E-state index contributed by atoms with van der Waals surface area (Å²) in [7, 11) is 0. The first kappa shape index (κ1) is 36.3. The van der Waals surface area contributed by atoms with Gasteiger partial charge < -0.3 is 8.98 Å². The normalized spacial score (nSPS) is 11.8. The van der Waals surface area contributed by atoms with Crippen LogP contribution in [0.5, 0.6) is 0 Å². The van der Waals surface area contributed by atoms with Crippen LogP contribution in [-0.4, -0.2) is 19.5 Å². The summed E-state index contributed by atoms with van der Waals surface area (Å²) in [6.45, 7) is 8.01. The molecule has 5 nitrogen and oxygen atoms in total. The van der Waals surface area contributed by atoms with Crippen LogP contribution in [0.15, 0.2) is 186 Å².